The standard InChI is InChI=1S/C11H9NOS/c1-8-4-2-5-9(12-8)11(13)10-6-3-7-14-10/h2-7H,1H3. The van der Waals surface area contributed by atoms with Gasteiger partial charge in [0.25, 0.3) is 0 Å². The number of carbonyl (C=O) groups is 1. The summed E-state index contributed by atoms with van der Waals surface area (Å²) in [5.41, 5.74) is 1.39. The highest BCUT2D eigenvalue weighted by atomic mass is 32.1. The smallest absolute Gasteiger partial charge is 0.221 e. The first-order valence-electron chi connectivity index (χ1n) is 4.29. The molecule has 14 heavy (non-hydrogen) atoms. The third-order valence-corrected chi connectivity index (χ3v) is 2.73. The fourth-order valence-electron chi connectivity index (χ4n) is 1.20. The van der Waals surface area contributed by atoms with Gasteiger partial charge in [-0.3, -0.25) is 4.79 Å². The molecule has 0 spiro atoms. The number of aryl methyl sites for hydroxylation is 1. The van der Waals surface area contributed by atoms with Crippen LogP contribution in [0.2, 0.25) is 0 Å². The van der Waals surface area contributed by atoms with Crippen molar-refractivity contribution >= 4 is 17.1 Å². The van der Waals surface area contributed by atoms with E-state index in [1.54, 1.807) is 6.07 Å². The van der Waals surface area contributed by atoms with E-state index in [0.717, 1.165) is 10.6 Å². The van der Waals surface area contributed by atoms with Crippen LogP contribution in [0, 0.1) is 6.92 Å². The Hall–Kier alpha value is -1.48. The van der Waals surface area contributed by atoms with E-state index in [2.05, 4.69) is 4.98 Å². The van der Waals surface area contributed by atoms with Gasteiger partial charge in [-0.2, -0.15) is 0 Å². The zero-order valence-corrected chi connectivity index (χ0v) is 8.54. The van der Waals surface area contributed by atoms with Crippen LogP contribution in [0.5, 0.6) is 0 Å². The van der Waals surface area contributed by atoms with Crippen LogP contribution in [-0.2, 0) is 0 Å². The topological polar surface area (TPSA) is 30.0 Å². The van der Waals surface area contributed by atoms with Crippen molar-refractivity contribution in [3.63, 3.8) is 0 Å². The average molecular weight is 203 g/mol. The van der Waals surface area contributed by atoms with E-state index in [9.17, 15) is 4.79 Å². The molecular weight excluding hydrogens is 194 g/mol. The largest absolute Gasteiger partial charge is 0.286 e. The minimum atomic E-state index is 0.00343. The summed E-state index contributed by atoms with van der Waals surface area (Å²) in [4.78, 5) is 16.7. The predicted molar refractivity (Wildman–Crippen MR) is 56.7 cm³/mol. The minimum Gasteiger partial charge on any atom is -0.286 e. The molecule has 70 valence electrons. The molecule has 0 bridgehead atoms. The SMILES string of the molecule is Cc1cccc(C(=O)c2cccs2)n1. The van der Waals surface area contributed by atoms with E-state index in [1.807, 2.05) is 36.6 Å². The van der Waals surface area contributed by atoms with Gasteiger partial charge in [0, 0.05) is 5.69 Å². The number of thiophene rings is 1. The van der Waals surface area contributed by atoms with E-state index in [1.165, 1.54) is 11.3 Å². The van der Waals surface area contributed by atoms with Crippen LogP contribution in [0.4, 0.5) is 0 Å². The van der Waals surface area contributed by atoms with Gasteiger partial charge in [0.05, 0.1) is 4.88 Å². The summed E-state index contributed by atoms with van der Waals surface area (Å²) in [5.74, 6) is 0.00343. The zero-order valence-electron chi connectivity index (χ0n) is 7.73. The number of rotatable bonds is 2. The maximum Gasteiger partial charge on any atom is 0.221 e. The second-order valence-corrected chi connectivity index (χ2v) is 3.92. The van der Waals surface area contributed by atoms with Gasteiger partial charge in [-0.15, -0.1) is 11.3 Å². The highest BCUT2D eigenvalue weighted by Gasteiger charge is 2.10. The highest BCUT2D eigenvalue weighted by Crippen LogP contribution is 2.13. The maximum absolute atomic E-state index is 11.8. The Morgan fingerprint density at radius 1 is 1.29 bits per heavy atom. The fraction of sp³-hybridized carbons (Fsp3) is 0.0909. The molecule has 0 radical (unpaired) electrons. The van der Waals surface area contributed by atoms with E-state index in [4.69, 9.17) is 0 Å². The lowest BCUT2D eigenvalue weighted by Gasteiger charge is -1.97. The second-order valence-electron chi connectivity index (χ2n) is 2.97. The van der Waals surface area contributed by atoms with Gasteiger partial charge in [-0.05, 0) is 30.5 Å². The van der Waals surface area contributed by atoms with E-state index >= 15 is 0 Å². The first-order valence-corrected chi connectivity index (χ1v) is 5.17. The van der Waals surface area contributed by atoms with Crippen molar-refractivity contribution in [3.05, 3.63) is 52.0 Å². The molecular formula is C11H9NOS. The van der Waals surface area contributed by atoms with Gasteiger partial charge in [0.15, 0.2) is 0 Å². The van der Waals surface area contributed by atoms with Crippen molar-refractivity contribution < 1.29 is 4.79 Å². The normalized spacial score (nSPS) is 10.1. The van der Waals surface area contributed by atoms with Crippen LogP contribution in [0.1, 0.15) is 21.1 Å². The monoisotopic (exact) mass is 203 g/mol. The number of pyridine rings is 1. The highest BCUT2D eigenvalue weighted by molar-refractivity contribution is 7.12. The molecule has 2 aromatic heterocycles. The number of carbonyl (C=O) groups excluding carboxylic acids is 1. The number of hydrogen-bond donors (Lipinski definition) is 0. The molecule has 0 aliphatic rings. The van der Waals surface area contributed by atoms with Crippen LogP contribution in [0.15, 0.2) is 35.7 Å². The summed E-state index contributed by atoms with van der Waals surface area (Å²) in [6.45, 7) is 1.88. The van der Waals surface area contributed by atoms with Crippen LogP contribution >= 0.6 is 11.3 Å². The Morgan fingerprint density at radius 2 is 2.14 bits per heavy atom. The van der Waals surface area contributed by atoms with Crippen LogP contribution in [0.25, 0.3) is 0 Å². The lowest BCUT2D eigenvalue weighted by atomic mass is 10.2. The molecule has 2 aromatic rings. The Morgan fingerprint density at radius 3 is 2.79 bits per heavy atom. The third-order valence-electron chi connectivity index (χ3n) is 1.87. The summed E-state index contributed by atoms with van der Waals surface area (Å²) < 4.78 is 0. The molecule has 3 heteroatoms. The molecule has 0 amide bonds. The number of hydrogen-bond acceptors (Lipinski definition) is 3. The fourth-order valence-corrected chi connectivity index (χ4v) is 1.88. The Bertz CT molecular complexity index is 448. The summed E-state index contributed by atoms with van der Waals surface area (Å²) in [6.07, 6.45) is 0. The van der Waals surface area contributed by atoms with Crippen molar-refractivity contribution in [1.82, 2.24) is 4.98 Å². The lowest BCUT2D eigenvalue weighted by molar-refractivity contribution is 0.103. The first-order chi connectivity index (χ1) is 6.77. The van der Waals surface area contributed by atoms with Gasteiger partial charge in [0.2, 0.25) is 5.78 Å². The Labute approximate surface area is 86.2 Å². The van der Waals surface area contributed by atoms with E-state index in [0.29, 0.717) is 5.69 Å². The molecule has 0 aliphatic heterocycles. The van der Waals surface area contributed by atoms with Crippen LogP contribution in [-0.4, -0.2) is 10.8 Å². The lowest BCUT2D eigenvalue weighted by Crippen LogP contribution is -2.02. The molecule has 0 aliphatic carbocycles. The first kappa shape index (κ1) is 9.09. The summed E-state index contributed by atoms with van der Waals surface area (Å²) >= 11 is 1.44. The molecule has 0 aromatic carbocycles. The van der Waals surface area contributed by atoms with Crippen molar-refractivity contribution in [1.29, 1.82) is 0 Å². The van der Waals surface area contributed by atoms with Crippen LogP contribution in [0.3, 0.4) is 0 Å². The molecule has 0 unspecified atom stereocenters. The quantitative estimate of drug-likeness (QED) is 0.702. The average Bonchev–Trinajstić information content (AvgIpc) is 2.69. The van der Waals surface area contributed by atoms with Crippen molar-refractivity contribution in [3.8, 4) is 0 Å². The molecule has 0 atom stereocenters. The molecule has 2 heterocycles. The van der Waals surface area contributed by atoms with Crippen molar-refractivity contribution in [2.75, 3.05) is 0 Å². The molecule has 0 saturated heterocycles. The molecule has 0 saturated carbocycles. The molecule has 2 nitrogen and oxygen atoms in total. The third kappa shape index (κ3) is 1.72. The van der Waals surface area contributed by atoms with E-state index < -0.39 is 0 Å². The van der Waals surface area contributed by atoms with Gasteiger partial charge in [-0.1, -0.05) is 12.1 Å². The summed E-state index contributed by atoms with van der Waals surface area (Å²) in [6, 6.07) is 9.16. The van der Waals surface area contributed by atoms with Gasteiger partial charge in [-0.25, -0.2) is 4.98 Å². The zero-order chi connectivity index (χ0) is 9.97. The maximum atomic E-state index is 11.8. The van der Waals surface area contributed by atoms with Crippen molar-refractivity contribution in [2.45, 2.75) is 6.92 Å². The van der Waals surface area contributed by atoms with Crippen molar-refractivity contribution in [2.24, 2.45) is 0 Å². The molecule has 0 N–H and O–H groups in total. The minimum absolute atomic E-state index is 0.00343. The number of aromatic nitrogens is 1. The Kier molecular flexibility index (Phi) is 2.41. The number of nitrogens with zero attached hydrogens (tertiary/aromatic N) is 1. The van der Waals surface area contributed by atoms with Gasteiger partial charge < -0.3 is 0 Å². The van der Waals surface area contributed by atoms with Gasteiger partial charge >= 0.3 is 0 Å². The molecule has 2 rings (SSSR count). The Balaban J connectivity index is 2.37. The summed E-state index contributed by atoms with van der Waals surface area (Å²) in [5, 5.41) is 1.89. The van der Waals surface area contributed by atoms with Gasteiger partial charge in [0.1, 0.15) is 5.69 Å². The van der Waals surface area contributed by atoms with E-state index in [-0.39, 0.29) is 5.78 Å². The second kappa shape index (κ2) is 3.72. The molecule has 0 fully saturated rings. The summed E-state index contributed by atoms with van der Waals surface area (Å²) in [7, 11) is 0. The number of ketones is 1. The van der Waals surface area contributed by atoms with Crippen LogP contribution < -0.4 is 0 Å². The predicted octanol–water partition coefficient (Wildman–Crippen LogP) is 2.68.